The van der Waals surface area contributed by atoms with Crippen LogP contribution in [0.25, 0.3) is 11.1 Å². The lowest BCUT2D eigenvalue weighted by Crippen LogP contribution is -2.51. The van der Waals surface area contributed by atoms with Gasteiger partial charge in [0.25, 0.3) is 0 Å². The summed E-state index contributed by atoms with van der Waals surface area (Å²) in [5.74, 6) is -1.65. The summed E-state index contributed by atoms with van der Waals surface area (Å²) in [6.07, 6.45) is 1.54. The van der Waals surface area contributed by atoms with Gasteiger partial charge in [-0.2, -0.15) is 0 Å². The third-order valence-electron chi connectivity index (χ3n) is 6.99. The molecule has 1 unspecified atom stereocenters. The van der Waals surface area contributed by atoms with Crippen LogP contribution in [0.5, 0.6) is 0 Å². The molecule has 1 saturated carbocycles. The second-order valence-electron chi connectivity index (χ2n) is 9.18. The number of hydrogen-bond donors (Lipinski definition) is 4. The van der Waals surface area contributed by atoms with E-state index in [-0.39, 0.29) is 43.9 Å². The Bertz CT molecular complexity index is 1010. The first-order valence-corrected chi connectivity index (χ1v) is 11.6. The summed E-state index contributed by atoms with van der Waals surface area (Å²) in [4.78, 5) is 36.4. The zero-order valence-electron chi connectivity index (χ0n) is 19.0. The highest BCUT2D eigenvalue weighted by Gasteiger charge is 2.37. The summed E-state index contributed by atoms with van der Waals surface area (Å²) in [5, 5.41) is 24.0. The molecule has 2 aliphatic carbocycles. The Morgan fingerprint density at radius 3 is 2.18 bits per heavy atom. The van der Waals surface area contributed by atoms with Gasteiger partial charge in [-0.25, -0.2) is 4.79 Å². The third-order valence-corrected chi connectivity index (χ3v) is 6.99. The number of carboxylic acids is 1. The van der Waals surface area contributed by atoms with Gasteiger partial charge in [-0.15, -0.1) is 0 Å². The van der Waals surface area contributed by atoms with Crippen LogP contribution >= 0.6 is 0 Å². The highest BCUT2D eigenvalue weighted by atomic mass is 16.5. The second kappa shape index (κ2) is 10.3. The van der Waals surface area contributed by atoms with Crippen molar-refractivity contribution in [1.82, 2.24) is 10.6 Å². The summed E-state index contributed by atoms with van der Waals surface area (Å²) in [5.41, 5.74) is 4.05. The van der Waals surface area contributed by atoms with Crippen LogP contribution in [-0.2, 0) is 14.3 Å². The summed E-state index contributed by atoms with van der Waals surface area (Å²) >= 11 is 0. The summed E-state index contributed by atoms with van der Waals surface area (Å²) in [6.45, 7) is 0.367. The zero-order valence-corrected chi connectivity index (χ0v) is 19.0. The molecule has 1 fully saturated rings. The number of hydrogen-bond acceptors (Lipinski definition) is 5. The molecule has 4 rings (SSSR count). The average molecular weight is 467 g/mol. The molecule has 0 aromatic heterocycles. The molecular formula is C26H30N2O6. The van der Waals surface area contributed by atoms with Gasteiger partial charge in [-0.3, -0.25) is 9.59 Å². The lowest BCUT2D eigenvalue weighted by molar-refractivity contribution is -0.137. The normalized spacial score (nSPS) is 16.5. The Kier molecular flexibility index (Phi) is 7.17. The Labute approximate surface area is 198 Å². The van der Waals surface area contributed by atoms with Crippen LogP contribution in [0.15, 0.2) is 48.5 Å². The number of aliphatic hydroxyl groups is 1. The molecule has 1 atom stereocenters. The Morgan fingerprint density at radius 2 is 1.65 bits per heavy atom. The molecule has 4 N–H and O–H groups in total. The number of alkyl carbamates (subject to hydrolysis) is 1. The number of carbonyl (C=O) groups is 3. The van der Waals surface area contributed by atoms with Crippen molar-refractivity contribution in [3.8, 4) is 11.1 Å². The van der Waals surface area contributed by atoms with E-state index in [1.54, 1.807) is 0 Å². The van der Waals surface area contributed by atoms with Gasteiger partial charge < -0.3 is 25.6 Å². The highest BCUT2D eigenvalue weighted by molar-refractivity contribution is 5.86. The molecule has 0 aliphatic heterocycles. The van der Waals surface area contributed by atoms with Crippen molar-refractivity contribution >= 4 is 18.0 Å². The third kappa shape index (κ3) is 5.07. The zero-order chi connectivity index (χ0) is 24.1. The molecule has 180 valence electrons. The minimum atomic E-state index is -1.06. The largest absolute Gasteiger partial charge is 0.481 e. The van der Waals surface area contributed by atoms with E-state index < -0.39 is 24.0 Å². The van der Waals surface area contributed by atoms with E-state index in [0.717, 1.165) is 41.5 Å². The van der Waals surface area contributed by atoms with Crippen molar-refractivity contribution in [3.05, 3.63) is 59.7 Å². The van der Waals surface area contributed by atoms with Crippen LogP contribution in [0.3, 0.4) is 0 Å². The fraction of sp³-hybridized carbons (Fsp3) is 0.423. The Balaban J connectivity index is 1.38. The minimum absolute atomic E-state index is 0.0210. The lowest BCUT2D eigenvalue weighted by Gasteiger charge is -2.40. The first kappa shape index (κ1) is 23.8. The van der Waals surface area contributed by atoms with Crippen LogP contribution < -0.4 is 10.6 Å². The van der Waals surface area contributed by atoms with Gasteiger partial charge in [-0.1, -0.05) is 55.0 Å². The molecule has 2 aromatic rings. The number of nitrogens with one attached hydrogen (secondary N) is 2. The molecule has 0 radical (unpaired) electrons. The monoisotopic (exact) mass is 466 g/mol. The molecule has 2 aliphatic rings. The summed E-state index contributed by atoms with van der Waals surface area (Å²) in [7, 11) is 0. The van der Waals surface area contributed by atoms with Crippen LogP contribution in [0.4, 0.5) is 4.79 Å². The number of aliphatic hydroxyl groups excluding tert-OH is 1. The van der Waals surface area contributed by atoms with Crippen molar-refractivity contribution in [2.24, 2.45) is 5.41 Å². The van der Waals surface area contributed by atoms with Crippen molar-refractivity contribution in [1.29, 1.82) is 0 Å². The van der Waals surface area contributed by atoms with Crippen LogP contribution in [0, 0.1) is 5.41 Å². The predicted octanol–water partition coefficient (Wildman–Crippen LogP) is 3.04. The summed E-state index contributed by atoms with van der Waals surface area (Å²) < 4.78 is 5.51. The maximum atomic E-state index is 12.7. The van der Waals surface area contributed by atoms with Gasteiger partial charge >= 0.3 is 12.1 Å². The molecule has 0 heterocycles. The van der Waals surface area contributed by atoms with Crippen molar-refractivity contribution in [3.63, 3.8) is 0 Å². The number of fused-ring (bicyclic) bond motifs is 3. The van der Waals surface area contributed by atoms with Gasteiger partial charge in [-0.05, 0) is 41.5 Å². The van der Waals surface area contributed by atoms with E-state index in [9.17, 15) is 19.5 Å². The Morgan fingerprint density at radius 1 is 1.03 bits per heavy atom. The molecule has 2 amide bonds. The fourth-order valence-electron chi connectivity index (χ4n) is 4.78. The number of amides is 2. The van der Waals surface area contributed by atoms with Crippen molar-refractivity contribution < 1.29 is 29.3 Å². The Hall–Kier alpha value is -3.39. The smallest absolute Gasteiger partial charge is 0.407 e. The van der Waals surface area contributed by atoms with Gasteiger partial charge in [0.2, 0.25) is 5.91 Å². The van der Waals surface area contributed by atoms with E-state index in [0.29, 0.717) is 0 Å². The number of carboxylic acid groups (broad SMARTS) is 1. The molecule has 34 heavy (non-hydrogen) atoms. The molecule has 0 spiro atoms. The maximum absolute atomic E-state index is 12.7. The van der Waals surface area contributed by atoms with E-state index in [1.165, 1.54) is 0 Å². The molecule has 0 saturated heterocycles. The number of carbonyl (C=O) groups excluding carboxylic acids is 2. The molecule has 2 aromatic carbocycles. The van der Waals surface area contributed by atoms with Gasteiger partial charge in [0.05, 0.1) is 6.61 Å². The standard InChI is InChI=1S/C26H30N2O6/c29-16-26(12-5-13-26)15-27-24(32)22(10-11-23(30)31)28-25(33)34-14-21-19-8-3-1-6-17(19)18-7-2-4-9-20(18)21/h1-4,6-9,21-22,29H,5,10-16H2,(H,27,32)(H,28,33)(H,30,31). The quantitative estimate of drug-likeness (QED) is 0.427. The first-order chi connectivity index (χ1) is 16.4. The van der Waals surface area contributed by atoms with E-state index >= 15 is 0 Å². The second-order valence-corrected chi connectivity index (χ2v) is 9.18. The lowest BCUT2D eigenvalue weighted by atomic mass is 9.69. The van der Waals surface area contributed by atoms with E-state index in [2.05, 4.69) is 10.6 Å². The van der Waals surface area contributed by atoms with Gasteiger partial charge in [0, 0.05) is 24.3 Å². The van der Waals surface area contributed by atoms with Crippen LogP contribution in [0.1, 0.15) is 49.1 Å². The first-order valence-electron chi connectivity index (χ1n) is 11.6. The van der Waals surface area contributed by atoms with Crippen LogP contribution in [0.2, 0.25) is 0 Å². The summed E-state index contributed by atoms with van der Waals surface area (Å²) in [6, 6.07) is 14.9. The van der Waals surface area contributed by atoms with Crippen molar-refractivity contribution in [2.45, 2.75) is 44.1 Å². The van der Waals surface area contributed by atoms with Gasteiger partial charge in [0.1, 0.15) is 12.6 Å². The number of rotatable bonds is 10. The molecule has 8 heteroatoms. The van der Waals surface area contributed by atoms with Crippen molar-refractivity contribution in [2.75, 3.05) is 19.8 Å². The SMILES string of the molecule is O=C(O)CCC(NC(=O)OCC1c2ccccc2-c2ccccc21)C(=O)NCC1(CO)CCC1. The average Bonchev–Trinajstić information content (AvgIpc) is 3.13. The molecular weight excluding hydrogens is 436 g/mol. The topological polar surface area (TPSA) is 125 Å². The molecule has 0 bridgehead atoms. The van der Waals surface area contributed by atoms with E-state index in [1.807, 2.05) is 48.5 Å². The minimum Gasteiger partial charge on any atom is -0.481 e. The highest BCUT2D eigenvalue weighted by Crippen LogP contribution is 2.44. The molecule has 8 nitrogen and oxygen atoms in total. The van der Waals surface area contributed by atoms with Gasteiger partial charge in [0.15, 0.2) is 0 Å². The number of benzene rings is 2. The number of aliphatic carboxylic acids is 1. The fourth-order valence-corrected chi connectivity index (χ4v) is 4.78. The van der Waals surface area contributed by atoms with E-state index in [4.69, 9.17) is 9.84 Å². The maximum Gasteiger partial charge on any atom is 0.407 e. The predicted molar refractivity (Wildman–Crippen MR) is 125 cm³/mol. The number of ether oxygens (including phenoxy) is 1. The van der Waals surface area contributed by atoms with Crippen LogP contribution in [-0.4, -0.2) is 54.0 Å².